The highest BCUT2D eigenvalue weighted by Crippen LogP contribution is 2.19. The number of benzene rings is 1. The van der Waals surface area contributed by atoms with Gasteiger partial charge in [-0.1, -0.05) is 17.7 Å². The van der Waals surface area contributed by atoms with Crippen LogP contribution in [0.4, 0.5) is 4.39 Å². The van der Waals surface area contributed by atoms with Crippen molar-refractivity contribution in [2.45, 2.75) is 25.9 Å². The van der Waals surface area contributed by atoms with Gasteiger partial charge in [0.25, 0.3) is 0 Å². The van der Waals surface area contributed by atoms with E-state index in [4.69, 9.17) is 11.6 Å². The summed E-state index contributed by atoms with van der Waals surface area (Å²) >= 11 is 5.59. The normalized spacial score (nSPS) is 12.5. The lowest BCUT2D eigenvalue weighted by Gasteiger charge is -2.17. The van der Waals surface area contributed by atoms with E-state index in [2.05, 4.69) is 10.6 Å². The Hall–Kier alpha value is -1.17. The van der Waals surface area contributed by atoms with Gasteiger partial charge in [-0.3, -0.25) is 10.1 Å². The van der Waals surface area contributed by atoms with Gasteiger partial charge in [0.15, 0.2) is 0 Å². The van der Waals surface area contributed by atoms with Crippen LogP contribution in [0.1, 0.15) is 25.5 Å². The lowest BCUT2D eigenvalue weighted by atomic mass is 10.1. The molecule has 19 heavy (non-hydrogen) atoms. The van der Waals surface area contributed by atoms with Crippen molar-refractivity contribution in [3.63, 3.8) is 0 Å². The molecule has 0 bridgehead atoms. The Morgan fingerprint density at radius 2 is 2.16 bits per heavy atom. The van der Waals surface area contributed by atoms with Gasteiger partial charge in [0, 0.05) is 6.04 Å². The Kier molecular flexibility index (Phi) is 6.21. The van der Waals surface area contributed by atoms with Crippen molar-refractivity contribution in [2.24, 2.45) is 0 Å². The molecule has 1 aromatic rings. The number of aliphatic hydroxyl groups is 1. The molecule has 0 heterocycles. The minimum atomic E-state index is -0.550. The minimum Gasteiger partial charge on any atom is -0.394 e. The van der Waals surface area contributed by atoms with Gasteiger partial charge in [-0.15, -0.1) is 0 Å². The fraction of sp³-hybridized carbons (Fsp3) is 0.462. The first-order valence-electron chi connectivity index (χ1n) is 6.02. The predicted octanol–water partition coefficient (Wildman–Crippen LogP) is 1.63. The van der Waals surface area contributed by atoms with Crippen LogP contribution in [0.15, 0.2) is 18.2 Å². The highest BCUT2D eigenvalue weighted by molar-refractivity contribution is 6.30. The average molecular weight is 289 g/mol. The van der Waals surface area contributed by atoms with Gasteiger partial charge in [0.1, 0.15) is 5.82 Å². The van der Waals surface area contributed by atoms with E-state index in [0.29, 0.717) is 5.56 Å². The molecule has 0 aliphatic carbocycles. The Morgan fingerprint density at radius 3 is 2.68 bits per heavy atom. The van der Waals surface area contributed by atoms with E-state index in [9.17, 15) is 14.3 Å². The zero-order valence-corrected chi connectivity index (χ0v) is 11.7. The van der Waals surface area contributed by atoms with Crippen molar-refractivity contribution in [3.05, 3.63) is 34.6 Å². The number of carbonyl (C=O) groups is 1. The number of hydrogen-bond acceptors (Lipinski definition) is 3. The molecule has 0 radical (unpaired) electrons. The zero-order chi connectivity index (χ0) is 14.4. The van der Waals surface area contributed by atoms with Crippen molar-refractivity contribution < 1.29 is 14.3 Å². The Bertz CT molecular complexity index is 441. The second kappa shape index (κ2) is 7.43. The van der Waals surface area contributed by atoms with Crippen LogP contribution in [0.25, 0.3) is 0 Å². The summed E-state index contributed by atoms with van der Waals surface area (Å²) in [6.07, 6.45) is 0. The van der Waals surface area contributed by atoms with Gasteiger partial charge in [0.2, 0.25) is 5.91 Å². The number of nitrogens with one attached hydrogen (secondary N) is 2. The first-order valence-corrected chi connectivity index (χ1v) is 6.40. The van der Waals surface area contributed by atoms with E-state index in [1.165, 1.54) is 12.1 Å². The van der Waals surface area contributed by atoms with Crippen LogP contribution in [0.5, 0.6) is 0 Å². The number of halogens is 2. The molecule has 6 heteroatoms. The van der Waals surface area contributed by atoms with E-state index in [1.807, 2.05) is 13.8 Å². The van der Waals surface area contributed by atoms with Gasteiger partial charge >= 0.3 is 0 Å². The molecule has 0 unspecified atom stereocenters. The second-order valence-electron chi connectivity index (χ2n) is 4.51. The lowest BCUT2D eigenvalue weighted by molar-refractivity contribution is -0.120. The quantitative estimate of drug-likeness (QED) is 0.745. The van der Waals surface area contributed by atoms with Gasteiger partial charge in [0.05, 0.1) is 24.2 Å². The Balaban J connectivity index is 2.62. The minimum absolute atomic E-state index is 0.0259. The van der Waals surface area contributed by atoms with Crippen LogP contribution in [-0.4, -0.2) is 30.2 Å². The summed E-state index contributed by atoms with van der Waals surface area (Å²) in [5, 5.41) is 14.9. The fourth-order valence-corrected chi connectivity index (χ4v) is 1.72. The van der Waals surface area contributed by atoms with Crippen molar-refractivity contribution in [1.29, 1.82) is 0 Å². The highest BCUT2D eigenvalue weighted by Gasteiger charge is 2.13. The summed E-state index contributed by atoms with van der Waals surface area (Å²) < 4.78 is 13.3. The number of hydrogen-bond donors (Lipinski definition) is 3. The van der Waals surface area contributed by atoms with Crippen LogP contribution >= 0.6 is 11.6 Å². The molecule has 1 atom stereocenters. The molecule has 4 nitrogen and oxygen atoms in total. The predicted molar refractivity (Wildman–Crippen MR) is 72.5 cm³/mol. The lowest BCUT2D eigenvalue weighted by Crippen LogP contribution is -2.39. The molecule has 0 fully saturated rings. The largest absolute Gasteiger partial charge is 0.394 e. The van der Waals surface area contributed by atoms with Gasteiger partial charge in [-0.2, -0.15) is 0 Å². The maximum Gasteiger partial charge on any atom is 0.234 e. The van der Waals surface area contributed by atoms with Crippen molar-refractivity contribution in [1.82, 2.24) is 10.6 Å². The third kappa shape index (κ3) is 5.14. The van der Waals surface area contributed by atoms with E-state index in [1.54, 1.807) is 6.07 Å². The van der Waals surface area contributed by atoms with Gasteiger partial charge in [-0.25, -0.2) is 4.39 Å². The summed E-state index contributed by atoms with van der Waals surface area (Å²) in [5.74, 6) is -0.728. The van der Waals surface area contributed by atoms with E-state index in [0.717, 1.165) is 0 Å². The number of carbonyl (C=O) groups excluding carboxylic acids is 1. The molecule has 0 aliphatic heterocycles. The number of aliphatic hydroxyl groups excluding tert-OH is 1. The number of rotatable bonds is 6. The average Bonchev–Trinajstić information content (AvgIpc) is 2.33. The van der Waals surface area contributed by atoms with Crippen molar-refractivity contribution in [3.8, 4) is 0 Å². The highest BCUT2D eigenvalue weighted by atomic mass is 35.5. The fourth-order valence-electron chi connectivity index (χ4n) is 1.61. The molecule has 0 aliphatic rings. The molecular formula is C13H18ClFN2O2. The van der Waals surface area contributed by atoms with Gasteiger partial charge < -0.3 is 10.4 Å². The summed E-state index contributed by atoms with van der Waals surface area (Å²) in [4.78, 5) is 11.5. The molecule has 0 aromatic heterocycles. The monoisotopic (exact) mass is 288 g/mol. The molecule has 0 spiro atoms. The SMILES string of the molecule is CC(C)NC(=O)CN[C@H](CO)c1ccc(Cl)c(F)c1. The van der Waals surface area contributed by atoms with Crippen LogP contribution in [-0.2, 0) is 4.79 Å². The topological polar surface area (TPSA) is 61.4 Å². The summed E-state index contributed by atoms with van der Waals surface area (Å²) in [7, 11) is 0. The van der Waals surface area contributed by atoms with E-state index in [-0.39, 0.29) is 30.1 Å². The van der Waals surface area contributed by atoms with Crippen molar-refractivity contribution >= 4 is 17.5 Å². The summed E-state index contributed by atoms with van der Waals surface area (Å²) in [6, 6.07) is 3.82. The van der Waals surface area contributed by atoms with Crippen molar-refractivity contribution in [2.75, 3.05) is 13.2 Å². The maximum atomic E-state index is 13.3. The molecule has 0 saturated carbocycles. The molecule has 0 saturated heterocycles. The summed E-state index contributed by atoms with van der Waals surface area (Å²) in [5.41, 5.74) is 0.543. The van der Waals surface area contributed by atoms with E-state index >= 15 is 0 Å². The van der Waals surface area contributed by atoms with Crippen LogP contribution < -0.4 is 10.6 Å². The Morgan fingerprint density at radius 1 is 1.47 bits per heavy atom. The smallest absolute Gasteiger partial charge is 0.234 e. The molecular weight excluding hydrogens is 271 g/mol. The molecule has 1 amide bonds. The third-order valence-electron chi connectivity index (χ3n) is 2.49. The summed E-state index contributed by atoms with van der Waals surface area (Å²) in [6.45, 7) is 3.52. The first-order chi connectivity index (χ1) is 8.93. The van der Waals surface area contributed by atoms with E-state index < -0.39 is 11.9 Å². The van der Waals surface area contributed by atoms with Crippen LogP contribution in [0.3, 0.4) is 0 Å². The van der Waals surface area contributed by atoms with Gasteiger partial charge in [-0.05, 0) is 31.5 Å². The molecule has 1 aromatic carbocycles. The standard InChI is InChI=1S/C13H18ClFN2O2/c1-8(2)17-13(19)6-16-12(7-18)9-3-4-10(14)11(15)5-9/h3-5,8,12,16,18H,6-7H2,1-2H3,(H,17,19)/t12-/m1/s1. The molecule has 106 valence electrons. The second-order valence-corrected chi connectivity index (χ2v) is 4.92. The third-order valence-corrected chi connectivity index (χ3v) is 2.79. The maximum absolute atomic E-state index is 13.3. The molecule has 3 N–H and O–H groups in total. The molecule has 1 rings (SSSR count). The first kappa shape index (κ1) is 15.9. The van der Waals surface area contributed by atoms with Crippen LogP contribution in [0, 0.1) is 5.82 Å². The number of amides is 1. The zero-order valence-electron chi connectivity index (χ0n) is 10.9. The Labute approximate surface area is 117 Å². The van der Waals surface area contributed by atoms with Crippen LogP contribution in [0.2, 0.25) is 5.02 Å².